The summed E-state index contributed by atoms with van der Waals surface area (Å²) in [4.78, 5) is 17.4. The lowest BCUT2D eigenvalue weighted by Gasteiger charge is -2.37. The lowest BCUT2D eigenvalue weighted by Crippen LogP contribution is -2.45. The summed E-state index contributed by atoms with van der Waals surface area (Å²) >= 11 is 0. The number of piperazine rings is 1. The van der Waals surface area contributed by atoms with Crippen LogP contribution in [0.15, 0.2) is 36.4 Å². The molecule has 2 aromatic rings. The minimum absolute atomic E-state index is 0.0815. The number of aryl methyl sites for hydroxylation is 2. The Kier molecular flexibility index (Phi) is 5.36. The number of anilines is 1. The Bertz CT molecular complexity index is 874. The zero-order chi connectivity index (χ0) is 19.7. The fraction of sp³-hybridized carbons (Fsp3) is 0.435. The van der Waals surface area contributed by atoms with Crippen LogP contribution in [0, 0.1) is 12.7 Å². The lowest BCUT2D eigenvalue weighted by molar-refractivity contribution is 0.0933. The first kappa shape index (κ1) is 18.9. The number of hydrogen-bond donors (Lipinski definition) is 1. The maximum atomic E-state index is 13.8. The molecule has 1 N–H and O–H groups in total. The highest BCUT2D eigenvalue weighted by atomic mass is 19.1. The van der Waals surface area contributed by atoms with Crippen molar-refractivity contribution in [2.24, 2.45) is 0 Å². The summed E-state index contributed by atoms with van der Waals surface area (Å²) in [7, 11) is 2.16. The van der Waals surface area contributed by atoms with Crippen LogP contribution in [0.1, 0.15) is 33.5 Å². The Labute approximate surface area is 166 Å². The molecule has 1 amide bonds. The fourth-order valence-electron chi connectivity index (χ4n) is 4.24. The van der Waals surface area contributed by atoms with E-state index in [-0.39, 0.29) is 17.8 Å². The quantitative estimate of drug-likeness (QED) is 0.887. The molecule has 2 aromatic carbocycles. The van der Waals surface area contributed by atoms with Gasteiger partial charge in [-0.1, -0.05) is 18.2 Å². The minimum atomic E-state index is -0.334. The molecule has 1 aliphatic heterocycles. The van der Waals surface area contributed by atoms with Crippen LogP contribution in [0.25, 0.3) is 0 Å². The van der Waals surface area contributed by atoms with Gasteiger partial charge in [-0.2, -0.15) is 0 Å². The summed E-state index contributed by atoms with van der Waals surface area (Å²) in [5.41, 5.74) is 5.01. The highest BCUT2D eigenvalue weighted by molar-refractivity contribution is 5.94. The van der Waals surface area contributed by atoms with Crippen molar-refractivity contribution < 1.29 is 9.18 Å². The van der Waals surface area contributed by atoms with Crippen molar-refractivity contribution in [1.29, 1.82) is 0 Å². The number of rotatable bonds is 3. The van der Waals surface area contributed by atoms with Gasteiger partial charge in [0.25, 0.3) is 5.91 Å². The third kappa shape index (κ3) is 3.90. The van der Waals surface area contributed by atoms with E-state index < -0.39 is 0 Å². The first-order valence-electron chi connectivity index (χ1n) is 10.1. The molecule has 148 valence electrons. The Balaban J connectivity index is 1.49. The number of halogens is 1. The molecule has 0 radical (unpaired) electrons. The topological polar surface area (TPSA) is 35.6 Å². The van der Waals surface area contributed by atoms with E-state index in [0.717, 1.165) is 45.4 Å². The zero-order valence-electron chi connectivity index (χ0n) is 16.7. The molecule has 1 saturated heterocycles. The predicted octanol–water partition coefficient (Wildman–Crippen LogP) is 3.17. The molecule has 4 rings (SSSR count). The van der Waals surface area contributed by atoms with Gasteiger partial charge in [-0.05, 0) is 68.1 Å². The normalized spacial score (nSPS) is 20.0. The molecule has 5 heteroatoms. The summed E-state index contributed by atoms with van der Waals surface area (Å²) in [6, 6.07) is 11.3. The SMILES string of the molecule is Cc1ccc(C(=O)N[C@@H]2CCc3cccc(N4CCN(C)CC4)c3C2)cc1F. The monoisotopic (exact) mass is 381 g/mol. The van der Waals surface area contributed by atoms with E-state index in [9.17, 15) is 9.18 Å². The number of carbonyl (C=O) groups excluding carboxylic acids is 1. The van der Waals surface area contributed by atoms with Gasteiger partial charge in [0.15, 0.2) is 0 Å². The number of carbonyl (C=O) groups is 1. The van der Waals surface area contributed by atoms with Crippen molar-refractivity contribution in [3.8, 4) is 0 Å². The average Bonchev–Trinajstić information content (AvgIpc) is 2.70. The lowest BCUT2D eigenvalue weighted by atomic mass is 9.86. The fourth-order valence-corrected chi connectivity index (χ4v) is 4.24. The first-order chi connectivity index (χ1) is 13.5. The molecule has 1 atom stereocenters. The summed E-state index contributed by atoms with van der Waals surface area (Å²) < 4.78 is 13.8. The van der Waals surface area contributed by atoms with E-state index >= 15 is 0 Å². The van der Waals surface area contributed by atoms with Gasteiger partial charge in [0.2, 0.25) is 0 Å². The van der Waals surface area contributed by atoms with Crippen molar-refractivity contribution in [2.75, 3.05) is 38.1 Å². The molecule has 1 aliphatic carbocycles. The number of amides is 1. The zero-order valence-corrected chi connectivity index (χ0v) is 16.7. The molecule has 28 heavy (non-hydrogen) atoms. The number of likely N-dealkylation sites (N-methyl/N-ethyl adjacent to an activating group) is 1. The largest absolute Gasteiger partial charge is 0.369 e. The van der Waals surface area contributed by atoms with Crippen LogP contribution in [-0.4, -0.2) is 50.1 Å². The molecule has 0 aromatic heterocycles. The van der Waals surface area contributed by atoms with E-state index in [4.69, 9.17) is 0 Å². The van der Waals surface area contributed by atoms with Crippen molar-refractivity contribution in [3.05, 3.63) is 64.5 Å². The predicted molar refractivity (Wildman–Crippen MR) is 111 cm³/mol. The maximum absolute atomic E-state index is 13.8. The van der Waals surface area contributed by atoms with Gasteiger partial charge in [0.05, 0.1) is 0 Å². The van der Waals surface area contributed by atoms with E-state index in [1.807, 2.05) is 0 Å². The van der Waals surface area contributed by atoms with Crippen LogP contribution < -0.4 is 10.2 Å². The Morgan fingerprint density at radius 3 is 2.68 bits per heavy atom. The third-order valence-corrected chi connectivity index (χ3v) is 6.07. The van der Waals surface area contributed by atoms with Crippen LogP contribution in [0.4, 0.5) is 10.1 Å². The van der Waals surface area contributed by atoms with Gasteiger partial charge < -0.3 is 15.1 Å². The smallest absolute Gasteiger partial charge is 0.251 e. The second-order valence-electron chi connectivity index (χ2n) is 8.08. The average molecular weight is 381 g/mol. The molecular formula is C23H28FN3O. The van der Waals surface area contributed by atoms with Crippen LogP contribution in [0.3, 0.4) is 0 Å². The van der Waals surface area contributed by atoms with Crippen LogP contribution >= 0.6 is 0 Å². The van der Waals surface area contributed by atoms with Crippen molar-refractivity contribution in [2.45, 2.75) is 32.2 Å². The van der Waals surface area contributed by atoms with Crippen molar-refractivity contribution in [3.63, 3.8) is 0 Å². The van der Waals surface area contributed by atoms with Crippen LogP contribution in [0.2, 0.25) is 0 Å². The van der Waals surface area contributed by atoms with Crippen molar-refractivity contribution >= 4 is 11.6 Å². The standard InChI is InChI=1S/C23H28FN3O/c1-16-6-7-18(14-21(16)24)23(28)25-19-9-8-17-4-3-5-22(20(17)15-19)27-12-10-26(2)11-13-27/h3-7,14,19H,8-13,15H2,1-2H3,(H,25,28)/t19-/m1/s1. The van der Waals surface area contributed by atoms with E-state index in [0.29, 0.717) is 11.1 Å². The molecule has 1 fully saturated rings. The molecule has 0 bridgehead atoms. The second kappa shape index (κ2) is 7.92. The first-order valence-corrected chi connectivity index (χ1v) is 10.1. The molecule has 0 spiro atoms. The van der Waals surface area contributed by atoms with Gasteiger partial charge in [0, 0.05) is 43.5 Å². The molecule has 0 unspecified atom stereocenters. The Morgan fingerprint density at radius 1 is 1.14 bits per heavy atom. The third-order valence-electron chi connectivity index (χ3n) is 6.07. The Hall–Kier alpha value is -2.40. The Morgan fingerprint density at radius 2 is 1.93 bits per heavy atom. The number of fused-ring (bicyclic) bond motifs is 1. The van der Waals surface area contributed by atoms with Gasteiger partial charge in [0.1, 0.15) is 5.82 Å². The summed E-state index contributed by atoms with van der Waals surface area (Å²) in [6.45, 7) is 5.92. The van der Waals surface area contributed by atoms with Gasteiger partial charge in [-0.25, -0.2) is 4.39 Å². The summed E-state index contributed by atoms with van der Waals surface area (Å²) in [6.07, 6.45) is 2.71. The summed E-state index contributed by atoms with van der Waals surface area (Å²) in [5.74, 6) is -0.525. The molecular weight excluding hydrogens is 353 g/mol. The molecule has 1 heterocycles. The summed E-state index contributed by atoms with van der Waals surface area (Å²) in [5, 5.41) is 3.13. The second-order valence-corrected chi connectivity index (χ2v) is 8.08. The van der Waals surface area contributed by atoms with E-state index in [2.05, 4.69) is 40.4 Å². The van der Waals surface area contributed by atoms with Gasteiger partial charge >= 0.3 is 0 Å². The highest BCUT2D eigenvalue weighted by Crippen LogP contribution is 2.31. The van der Waals surface area contributed by atoms with E-state index in [1.54, 1.807) is 19.1 Å². The number of nitrogens with zero attached hydrogens (tertiary/aromatic N) is 2. The van der Waals surface area contributed by atoms with E-state index in [1.165, 1.54) is 22.9 Å². The highest BCUT2D eigenvalue weighted by Gasteiger charge is 2.25. The number of benzene rings is 2. The van der Waals surface area contributed by atoms with Crippen LogP contribution in [0.5, 0.6) is 0 Å². The number of nitrogens with one attached hydrogen (secondary N) is 1. The van der Waals surface area contributed by atoms with Gasteiger partial charge in [-0.15, -0.1) is 0 Å². The maximum Gasteiger partial charge on any atom is 0.251 e. The van der Waals surface area contributed by atoms with Crippen LogP contribution in [-0.2, 0) is 12.8 Å². The minimum Gasteiger partial charge on any atom is -0.369 e. The number of hydrogen-bond acceptors (Lipinski definition) is 3. The molecule has 4 nitrogen and oxygen atoms in total. The van der Waals surface area contributed by atoms with Crippen molar-refractivity contribution in [1.82, 2.24) is 10.2 Å². The molecule has 0 saturated carbocycles. The van der Waals surface area contributed by atoms with Gasteiger partial charge in [-0.3, -0.25) is 4.79 Å². The molecule has 2 aliphatic rings.